The first-order chi connectivity index (χ1) is 13.6. The standard InChI is InChI=1S/C22H18FN3OS/c1-15-9-10-19(18(23)12-15)25-22(27)17-6-2-3-7-20(17)28-14-16-13-26-11-5-4-8-21(26)24-16/h2-13H,14H2,1H3,(H,25,27). The maximum absolute atomic E-state index is 14.1. The van der Waals surface area contributed by atoms with Crippen molar-refractivity contribution >= 4 is 29.0 Å². The molecule has 6 heteroatoms. The molecule has 1 N–H and O–H groups in total. The molecule has 0 saturated carbocycles. The molecule has 0 atom stereocenters. The van der Waals surface area contributed by atoms with E-state index in [4.69, 9.17) is 0 Å². The molecule has 0 aliphatic carbocycles. The number of fused-ring (bicyclic) bond motifs is 1. The van der Waals surface area contributed by atoms with Gasteiger partial charge in [0.2, 0.25) is 0 Å². The molecule has 0 unspecified atom stereocenters. The predicted octanol–water partition coefficient (Wildman–Crippen LogP) is 5.33. The van der Waals surface area contributed by atoms with Gasteiger partial charge in [-0.1, -0.05) is 24.3 Å². The van der Waals surface area contributed by atoms with Crippen LogP contribution in [0.3, 0.4) is 0 Å². The zero-order valence-corrected chi connectivity index (χ0v) is 16.0. The summed E-state index contributed by atoms with van der Waals surface area (Å²) in [6, 6.07) is 17.9. The highest BCUT2D eigenvalue weighted by Crippen LogP contribution is 2.27. The van der Waals surface area contributed by atoms with E-state index in [1.807, 2.05) is 47.1 Å². The lowest BCUT2D eigenvalue weighted by molar-refractivity contribution is 0.102. The number of amides is 1. The Kier molecular flexibility index (Phi) is 5.12. The summed E-state index contributed by atoms with van der Waals surface area (Å²) >= 11 is 1.53. The number of rotatable bonds is 5. The fraction of sp³-hybridized carbons (Fsp3) is 0.0909. The van der Waals surface area contributed by atoms with E-state index < -0.39 is 5.82 Å². The second-order valence-electron chi connectivity index (χ2n) is 6.42. The number of benzene rings is 2. The zero-order valence-electron chi connectivity index (χ0n) is 15.2. The monoisotopic (exact) mass is 391 g/mol. The lowest BCUT2D eigenvalue weighted by atomic mass is 10.2. The number of hydrogen-bond donors (Lipinski definition) is 1. The highest BCUT2D eigenvalue weighted by Gasteiger charge is 2.14. The van der Waals surface area contributed by atoms with Crippen LogP contribution in [0.25, 0.3) is 5.65 Å². The van der Waals surface area contributed by atoms with Gasteiger partial charge in [-0.2, -0.15) is 0 Å². The minimum Gasteiger partial charge on any atom is -0.319 e. The maximum atomic E-state index is 14.1. The molecule has 0 saturated heterocycles. The van der Waals surface area contributed by atoms with E-state index in [1.54, 1.807) is 31.2 Å². The number of hydrogen-bond acceptors (Lipinski definition) is 3. The van der Waals surface area contributed by atoms with Gasteiger partial charge in [-0.05, 0) is 48.9 Å². The quantitative estimate of drug-likeness (QED) is 0.468. The topological polar surface area (TPSA) is 46.4 Å². The second kappa shape index (κ2) is 7.86. The molecule has 1 amide bonds. The van der Waals surface area contributed by atoms with Crippen LogP contribution in [0.15, 0.2) is 78.0 Å². The van der Waals surface area contributed by atoms with Crippen LogP contribution in [0.4, 0.5) is 10.1 Å². The third-order valence-corrected chi connectivity index (χ3v) is 5.40. The Bertz CT molecular complexity index is 1120. The van der Waals surface area contributed by atoms with Crippen molar-refractivity contribution in [1.29, 1.82) is 0 Å². The van der Waals surface area contributed by atoms with Gasteiger partial charge >= 0.3 is 0 Å². The smallest absolute Gasteiger partial charge is 0.256 e. The van der Waals surface area contributed by atoms with Crippen LogP contribution in [-0.2, 0) is 5.75 Å². The largest absolute Gasteiger partial charge is 0.319 e. The molecule has 4 rings (SSSR count). The van der Waals surface area contributed by atoms with Crippen molar-refractivity contribution in [3.8, 4) is 0 Å². The number of imidazole rings is 1. The number of nitrogens with one attached hydrogen (secondary N) is 1. The van der Waals surface area contributed by atoms with Crippen molar-refractivity contribution in [3.05, 3.63) is 95.7 Å². The zero-order chi connectivity index (χ0) is 19.5. The second-order valence-corrected chi connectivity index (χ2v) is 7.44. The maximum Gasteiger partial charge on any atom is 0.256 e. The average Bonchev–Trinajstić information content (AvgIpc) is 3.12. The highest BCUT2D eigenvalue weighted by atomic mass is 32.2. The number of carbonyl (C=O) groups is 1. The molecule has 0 fully saturated rings. The van der Waals surface area contributed by atoms with Gasteiger partial charge in [0.1, 0.15) is 11.5 Å². The fourth-order valence-electron chi connectivity index (χ4n) is 2.90. The molecule has 2 heterocycles. The summed E-state index contributed by atoms with van der Waals surface area (Å²) in [6.45, 7) is 1.81. The summed E-state index contributed by atoms with van der Waals surface area (Å²) in [5.41, 5.74) is 3.31. The molecule has 0 aliphatic heterocycles. The third kappa shape index (κ3) is 3.92. The first-order valence-corrected chi connectivity index (χ1v) is 9.81. The molecule has 0 bridgehead atoms. The van der Waals surface area contributed by atoms with E-state index in [-0.39, 0.29) is 11.6 Å². The van der Waals surface area contributed by atoms with Gasteiger partial charge < -0.3 is 9.72 Å². The Balaban J connectivity index is 1.52. The number of halogens is 1. The fourth-order valence-corrected chi connectivity index (χ4v) is 3.83. The Morgan fingerprint density at radius 1 is 1.14 bits per heavy atom. The summed E-state index contributed by atoms with van der Waals surface area (Å²) in [5.74, 6) is -0.144. The van der Waals surface area contributed by atoms with Crippen molar-refractivity contribution in [2.45, 2.75) is 17.6 Å². The van der Waals surface area contributed by atoms with Gasteiger partial charge in [-0.15, -0.1) is 11.8 Å². The number of anilines is 1. The Hall–Kier alpha value is -3.12. The SMILES string of the molecule is Cc1ccc(NC(=O)c2ccccc2SCc2cn3ccccc3n2)c(F)c1. The number of aromatic nitrogens is 2. The van der Waals surface area contributed by atoms with Crippen LogP contribution in [0.5, 0.6) is 0 Å². The molecule has 4 aromatic rings. The molecule has 2 aromatic carbocycles. The molecule has 4 nitrogen and oxygen atoms in total. The molecule has 140 valence electrons. The normalized spacial score (nSPS) is 10.9. The van der Waals surface area contributed by atoms with E-state index in [1.165, 1.54) is 17.8 Å². The molecule has 0 aliphatic rings. The van der Waals surface area contributed by atoms with Crippen LogP contribution < -0.4 is 5.32 Å². The number of pyridine rings is 1. The van der Waals surface area contributed by atoms with Crippen molar-refractivity contribution in [2.75, 3.05) is 5.32 Å². The van der Waals surface area contributed by atoms with E-state index in [0.717, 1.165) is 21.8 Å². The first-order valence-electron chi connectivity index (χ1n) is 8.82. The van der Waals surface area contributed by atoms with Crippen molar-refractivity contribution in [3.63, 3.8) is 0 Å². The Labute approximate surface area is 166 Å². The van der Waals surface area contributed by atoms with Crippen molar-refractivity contribution in [2.24, 2.45) is 0 Å². The number of nitrogens with zero attached hydrogens (tertiary/aromatic N) is 2. The average molecular weight is 391 g/mol. The lowest BCUT2D eigenvalue weighted by Gasteiger charge is -2.10. The first kappa shape index (κ1) is 18.3. The van der Waals surface area contributed by atoms with Gasteiger partial charge in [0, 0.05) is 23.0 Å². The molecular weight excluding hydrogens is 373 g/mol. The minimum absolute atomic E-state index is 0.177. The Morgan fingerprint density at radius 2 is 1.96 bits per heavy atom. The van der Waals surface area contributed by atoms with E-state index in [9.17, 15) is 9.18 Å². The van der Waals surface area contributed by atoms with Crippen LogP contribution in [0.1, 0.15) is 21.6 Å². The molecular formula is C22H18FN3OS. The summed E-state index contributed by atoms with van der Waals surface area (Å²) in [7, 11) is 0. The lowest BCUT2D eigenvalue weighted by Crippen LogP contribution is -2.14. The van der Waals surface area contributed by atoms with Crippen LogP contribution >= 0.6 is 11.8 Å². The van der Waals surface area contributed by atoms with Crippen LogP contribution in [0, 0.1) is 12.7 Å². The summed E-state index contributed by atoms with van der Waals surface area (Å²) in [6.07, 6.45) is 3.93. The van der Waals surface area contributed by atoms with E-state index in [2.05, 4.69) is 10.3 Å². The Morgan fingerprint density at radius 3 is 2.79 bits per heavy atom. The predicted molar refractivity (Wildman–Crippen MR) is 110 cm³/mol. The van der Waals surface area contributed by atoms with Gasteiger partial charge in [0.15, 0.2) is 0 Å². The van der Waals surface area contributed by atoms with E-state index >= 15 is 0 Å². The molecule has 2 aromatic heterocycles. The van der Waals surface area contributed by atoms with Gasteiger partial charge in [-0.3, -0.25) is 4.79 Å². The highest BCUT2D eigenvalue weighted by molar-refractivity contribution is 7.98. The van der Waals surface area contributed by atoms with Crippen LogP contribution in [0.2, 0.25) is 0 Å². The van der Waals surface area contributed by atoms with Crippen LogP contribution in [-0.4, -0.2) is 15.3 Å². The number of thioether (sulfide) groups is 1. The van der Waals surface area contributed by atoms with Gasteiger partial charge in [0.25, 0.3) is 5.91 Å². The molecule has 0 radical (unpaired) electrons. The van der Waals surface area contributed by atoms with Gasteiger partial charge in [-0.25, -0.2) is 9.37 Å². The van der Waals surface area contributed by atoms with Crippen molar-refractivity contribution < 1.29 is 9.18 Å². The molecule has 0 spiro atoms. The number of carbonyl (C=O) groups excluding carboxylic acids is 1. The third-order valence-electron chi connectivity index (χ3n) is 4.29. The molecule has 28 heavy (non-hydrogen) atoms. The summed E-state index contributed by atoms with van der Waals surface area (Å²) < 4.78 is 16.0. The minimum atomic E-state index is -0.441. The van der Waals surface area contributed by atoms with E-state index in [0.29, 0.717) is 11.3 Å². The summed E-state index contributed by atoms with van der Waals surface area (Å²) in [5, 5.41) is 2.67. The summed E-state index contributed by atoms with van der Waals surface area (Å²) in [4.78, 5) is 18.1. The van der Waals surface area contributed by atoms with Crippen molar-refractivity contribution in [1.82, 2.24) is 9.38 Å². The number of aryl methyl sites for hydroxylation is 1. The van der Waals surface area contributed by atoms with Gasteiger partial charge in [0.05, 0.1) is 16.9 Å².